The summed E-state index contributed by atoms with van der Waals surface area (Å²) in [6.07, 6.45) is -9.24. The fourth-order valence-corrected chi connectivity index (χ4v) is 6.84. The minimum absolute atomic E-state index is 0.304. The monoisotopic (exact) mass is 642 g/mol. The van der Waals surface area contributed by atoms with Gasteiger partial charge in [0.15, 0.2) is 0 Å². The van der Waals surface area contributed by atoms with Gasteiger partial charge in [-0.1, -0.05) is 115 Å². The van der Waals surface area contributed by atoms with Crippen LogP contribution in [0, 0.1) is 0 Å². The summed E-state index contributed by atoms with van der Waals surface area (Å²) in [7, 11) is 0. The topological polar surface area (TPSA) is 0 Å². The summed E-state index contributed by atoms with van der Waals surface area (Å²) in [5, 5.41) is 5.39. The third kappa shape index (κ3) is 5.05. The van der Waals surface area contributed by atoms with Crippen molar-refractivity contribution in [1.82, 2.24) is 0 Å². The maximum absolute atomic E-state index is 14.2. The molecule has 0 aliphatic carbocycles. The van der Waals surface area contributed by atoms with E-state index >= 15 is 0 Å². The first kappa shape index (κ1) is 29.8. The molecule has 0 saturated heterocycles. The zero-order valence-electron chi connectivity index (χ0n) is 25.1. The second kappa shape index (κ2) is 11.0. The van der Waals surface area contributed by atoms with Crippen molar-refractivity contribution in [1.29, 1.82) is 0 Å². The fourth-order valence-electron chi connectivity index (χ4n) is 6.84. The van der Waals surface area contributed by atoms with Gasteiger partial charge in [0.25, 0.3) is 0 Å². The molecule has 0 radical (unpaired) electrons. The molecule has 0 saturated carbocycles. The third-order valence-corrected chi connectivity index (χ3v) is 9.08. The molecule has 0 aliphatic rings. The molecule has 0 bridgehead atoms. The van der Waals surface area contributed by atoms with E-state index < -0.39 is 23.5 Å². The van der Waals surface area contributed by atoms with Crippen molar-refractivity contribution in [2.75, 3.05) is 0 Å². The van der Waals surface area contributed by atoms with Crippen LogP contribution in [0.1, 0.15) is 11.1 Å². The first-order valence-electron chi connectivity index (χ1n) is 15.3. The number of alkyl halides is 6. The van der Waals surface area contributed by atoms with Crippen LogP contribution in [0.15, 0.2) is 146 Å². The smallest absolute Gasteiger partial charge is 0.166 e. The quantitative estimate of drug-likeness (QED) is 0.133. The van der Waals surface area contributed by atoms with Gasteiger partial charge in [-0.05, 0) is 107 Å². The molecule has 0 unspecified atom stereocenters. The molecule has 0 amide bonds. The highest BCUT2D eigenvalue weighted by atomic mass is 19.4. The average Bonchev–Trinajstić information content (AvgIpc) is 3.09. The zero-order chi connectivity index (χ0) is 33.2. The van der Waals surface area contributed by atoms with Crippen molar-refractivity contribution in [3.8, 4) is 33.4 Å². The van der Waals surface area contributed by atoms with Crippen LogP contribution in [0.4, 0.5) is 26.3 Å². The predicted octanol–water partition coefficient (Wildman–Crippen LogP) is 13.3. The lowest BCUT2D eigenvalue weighted by Gasteiger charge is -2.20. The van der Waals surface area contributed by atoms with E-state index in [-0.39, 0.29) is 0 Å². The summed E-state index contributed by atoms with van der Waals surface area (Å²) in [4.78, 5) is 0. The van der Waals surface area contributed by atoms with Gasteiger partial charge in [-0.25, -0.2) is 0 Å². The molecule has 234 valence electrons. The number of benzene rings is 8. The van der Waals surface area contributed by atoms with Gasteiger partial charge in [-0.15, -0.1) is 0 Å². The Morgan fingerprint density at radius 2 is 0.812 bits per heavy atom. The molecule has 8 aromatic carbocycles. The maximum atomic E-state index is 14.2. The van der Waals surface area contributed by atoms with Crippen molar-refractivity contribution in [3.05, 3.63) is 157 Å². The van der Waals surface area contributed by atoms with Crippen LogP contribution in [0.25, 0.3) is 76.5 Å². The highest BCUT2D eigenvalue weighted by Gasteiger charge is 2.33. The van der Waals surface area contributed by atoms with Crippen LogP contribution in [0.5, 0.6) is 0 Å². The normalized spacial score (nSPS) is 12.4. The zero-order valence-corrected chi connectivity index (χ0v) is 25.1. The van der Waals surface area contributed by atoms with Crippen LogP contribution in [0.3, 0.4) is 0 Å². The molecule has 8 aromatic rings. The van der Waals surface area contributed by atoms with Crippen molar-refractivity contribution in [2.45, 2.75) is 12.4 Å². The Hall–Kier alpha value is -5.62. The SMILES string of the molecule is FC(F)(F)c1ccc2c(-c3ccc4ccccc4c3)c3cc(C(F)(F)F)ccc3c(-c3ccc(-c4cccc5ccccc45)cc3)c2c1. The molecule has 0 nitrogen and oxygen atoms in total. The van der Waals surface area contributed by atoms with Crippen molar-refractivity contribution >= 4 is 43.1 Å². The second-order valence-electron chi connectivity index (χ2n) is 11.9. The molecule has 0 N–H and O–H groups in total. The molecule has 48 heavy (non-hydrogen) atoms. The van der Waals surface area contributed by atoms with Gasteiger partial charge in [0.05, 0.1) is 11.1 Å². The van der Waals surface area contributed by atoms with Crippen LogP contribution in [-0.2, 0) is 12.4 Å². The minimum Gasteiger partial charge on any atom is -0.166 e. The molecule has 0 spiro atoms. The van der Waals surface area contributed by atoms with Gasteiger partial charge in [-0.3, -0.25) is 0 Å². The second-order valence-corrected chi connectivity index (χ2v) is 11.9. The molecule has 0 atom stereocenters. The summed E-state index contributed by atoms with van der Waals surface area (Å²) < 4.78 is 85.1. The van der Waals surface area contributed by atoms with E-state index in [4.69, 9.17) is 0 Å². The summed E-state index contributed by atoms with van der Waals surface area (Å²) >= 11 is 0. The number of hydrogen-bond acceptors (Lipinski definition) is 0. The van der Waals surface area contributed by atoms with E-state index in [2.05, 4.69) is 0 Å². The molecule has 0 aromatic heterocycles. The Morgan fingerprint density at radius 1 is 0.312 bits per heavy atom. The van der Waals surface area contributed by atoms with E-state index in [0.717, 1.165) is 56.9 Å². The van der Waals surface area contributed by atoms with Gasteiger partial charge >= 0.3 is 12.4 Å². The van der Waals surface area contributed by atoms with E-state index in [1.54, 1.807) is 0 Å². The van der Waals surface area contributed by atoms with Gasteiger partial charge in [0.2, 0.25) is 0 Å². The van der Waals surface area contributed by atoms with E-state index in [9.17, 15) is 26.3 Å². The first-order valence-corrected chi connectivity index (χ1v) is 15.3. The molecule has 0 aliphatic heterocycles. The molecule has 0 heterocycles. The highest BCUT2D eigenvalue weighted by Crippen LogP contribution is 2.47. The molecule has 6 heteroatoms. The maximum Gasteiger partial charge on any atom is 0.416 e. The molecule has 8 rings (SSSR count). The third-order valence-electron chi connectivity index (χ3n) is 9.08. The minimum atomic E-state index is -4.62. The van der Waals surface area contributed by atoms with Crippen LogP contribution in [-0.4, -0.2) is 0 Å². The number of fused-ring (bicyclic) bond motifs is 4. The summed E-state index contributed by atoms with van der Waals surface area (Å²) in [6, 6.07) is 41.6. The van der Waals surface area contributed by atoms with Gasteiger partial charge in [0.1, 0.15) is 0 Å². The average molecular weight is 643 g/mol. The summed E-state index contributed by atoms with van der Waals surface area (Å²) in [5.74, 6) is 0. The number of halogens is 6. The van der Waals surface area contributed by atoms with Crippen molar-refractivity contribution in [3.63, 3.8) is 0 Å². The molecular weight excluding hydrogens is 618 g/mol. The predicted molar refractivity (Wildman–Crippen MR) is 183 cm³/mol. The largest absolute Gasteiger partial charge is 0.416 e. The van der Waals surface area contributed by atoms with Crippen molar-refractivity contribution < 1.29 is 26.3 Å². The molecular formula is C42H24F6. The lowest BCUT2D eigenvalue weighted by atomic mass is 9.84. The molecule has 0 fully saturated rings. The lowest BCUT2D eigenvalue weighted by molar-refractivity contribution is -0.138. The van der Waals surface area contributed by atoms with Crippen molar-refractivity contribution in [2.24, 2.45) is 0 Å². The van der Waals surface area contributed by atoms with Gasteiger partial charge in [-0.2, -0.15) is 26.3 Å². The Bertz CT molecular complexity index is 2520. The van der Waals surface area contributed by atoms with E-state index in [1.807, 2.05) is 109 Å². The van der Waals surface area contributed by atoms with Crippen LogP contribution < -0.4 is 0 Å². The van der Waals surface area contributed by atoms with Crippen LogP contribution in [0.2, 0.25) is 0 Å². The Kier molecular flexibility index (Phi) is 6.81. The standard InChI is InChI=1S/C42H24F6/c43-41(44,45)31-19-21-36-37(23-31)39(28-15-13-27(14-16-28)34-11-5-9-26-7-3-4-10-33(26)34)35-20-18-32(42(46,47)48)24-38(35)40(36)30-17-12-25-6-1-2-8-29(25)22-30/h1-24H. The van der Waals surface area contributed by atoms with Gasteiger partial charge in [0, 0.05) is 0 Å². The Balaban J connectivity index is 1.45. The fraction of sp³-hybridized carbons (Fsp3) is 0.0476. The summed E-state index contributed by atoms with van der Waals surface area (Å²) in [5.41, 5.74) is 2.33. The lowest BCUT2D eigenvalue weighted by Crippen LogP contribution is -2.06. The van der Waals surface area contributed by atoms with Crippen LogP contribution >= 0.6 is 0 Å². The number of hydrogen-bond donors (Lipinski definition) is 0. The van der Waals surface area contributed by atoms with E-state index in [1.165, 1.54) is 12.1 Å². The number of rotatable bonds is 3. The van der Waals surface area contributed by atoms with Gasteiger partial charge < -0.3 is 0 Å². The van der Waals surface area contributed by atoms with E-state index in [0.29, 0.717) is 43.8 Å². The first-order chi connectivity index (χ1) is 23.1. The Morgan fingerprint density at radius 3 is 1.44 bits per heavy atom. The summed E-state index contributed by atoms with van der Waals surface area (Å²) in [6.45, 7) is 0. The highest BCUT2D eigenvalue weighted by molar-refractivity contribution is 6.22. The Labute approximate surface area is 271 Å².